The molecule has 3 rings (SSSR count). The Hall–Kier alpha value is -2.61. The Bertz CT molecular complexity index is 931. The zero-order valence-electron chi connectivity index (χ0n) is 21.7. The van der Waals surface area contributed by atoms with Gasteiger partial charge in [0.25, 0.3) is 0 Å². The van der Waals surface area contributed by atoms with Crippen LogP contribution < -0.4 is 20.1 Å². The minimum Gasteiger partial charge on any atom is -0.454 e. The maximum absolute atomic E-state index is 12.2. The molecule has 198 valence electrons. The summed E-state index contributed by atoms with van der Waals surface area (Å²) in [4.78, 5) is 12.2. The first-order valence-electron chi connectivity index (χ1n) is 13.7. The Morgan fingerprint density at radius 1 is 0.889 bits per heavy atom. The number of anilines is 2. The molecule has 36 heavy (non-hydrogen) atoms. The fraction of sp³-hybridized carbons (Fsp3) is 0.607. The van der Waals surface area contributed by atoms with Crippen molar-refractivity contribution in [2.45, 2.75) is 103 Å². The van der Waals surface area contributed by atoms with E-state index in [4.69, 9.17) is 9.47 Å². The summed E-state index contributed by atoms with van der Waals surface area (Å²) in [5, 5.41) is 15.5. The second kappa shape index (κ2) is 17.0. The molecule has 0 fully saturated rings. The average molecular weight is 515 g/mol. The standard InChI is InChI=1S/C28H42N4O3S/c1-2-3-4-5-6-7-8-9-10-11-12-13-14-15-16-17-26(33)30-28-32-31-27(36-28)29-21-23-18-19-24-25(20-23)35-22-34-24/h9-10,18-20H,2-8,11-17,21-22H2,1H3,(H,29,31)(H,30,32,33). The highest BCUT2D eigenvalue weighted by molar-refractivity contribution is 7.19. The minimum atomic E-state index is 0.00565. The molecule has 2 N–H and O–H groups in total. The van der Waals surface area contributed by atoms with Gasteiger partial charge in [-0.05, 0) is 49.8 Å². The van der Waals surface area contributed by atoms with Gasteiger partial charge >= 0.3 is 0 Å². The number of amides is 1. The summed E-state index contributed by atoms with van der Waals surface area (Å²) in [6.07, 6.45) is 21.5. The molecule has 1 amide bonds. The summed E-state index contributed by atoms with van der Waals surface area (Å²) in [5.41, 5.74) is 1.06. The number of carbonyl (C=O) groups is 1. The molecule has 0 aliphatic carbocycles. The number of unbranched alkanes of at least 4 members (excludes halogenated alkanes) is 11. The SMILES string of the molecule is CCCCCCCCC=CCCCCCCCC(=O)Nc1nnc(NCc2ccc3c(c2)OCO3)s1. The molecular formula is C28H42N4O3S. The first-order valence-corrected chi connectivity index (χ1v) is 14.5. The van der Waals surface area contributed by atoms with Crippen LogP contribution in [0.5, 0.6) is 11.5 Å². The fourth-order valence-electron chi connectivity index (χ4n) is 4.11. The number of benzene rings is 1. The molecule has 0 spiro atoms. The van der Waals surface area contributed by atoms with Gasteiger partial charge in [-0.3, -0.25) is 4.79 Å². The van der Waals surface area contributed by atoms with Gasteiger partial charge < -0.3 is 20.1 Å². The van der Waals surface area contributed by atoms with Crippen molar-refractivity contribution >= 4 is 27.5 Å². The van der Waals surface area contributed by atoms with Crippen LogP contribution >= 0.6 is 11.3 Å². The molecule has 7 nitrogen and oxygen atoms in total. The number of hydrogen-bond donors (Lipinski definition) is 2. The predicted molar refractivity (Wildman–Crippen MR) is 148 cm³/mol. The molecule has 0 radical (unpaired) electrons. The zero-order chi connectivity index (χ0) is 25.3. The van der Waals surface area contributed by atoms with Crippen LogP contribution in [0.4, 0.5) is 10.3 Å². The Kier molecular flexibility index (Phi) is 13.2. The Balaban J connectivity index is 1.16. The van der Waals surface area contributed by atoms with Gasteiger partial charge in [-0.25, -0.2) is 0 Å². The molecular weight excluding hydrogens is 472 g/mol. The van der Waals surface area contributed by atoms with E-state index in [1.54, 1.807) is 0 Å². The Morgan fingerprint density at radius 3 is 2.33 bits per heavy atom. The van der Waals surface area contributed by atoms with Crippen LogP contribution in [0, 0.1) is 0 Å². The highest BCUT2D eigenvalue weighted by atomic mass is 32.1. The van der Waals surface area contributed by atoms with Crippen LogP contribution in [0.3, 0.4) is 0 Å². The van der Waals surface area contributed by atoms with Crippen LogP contribution in [-0.2, 0) is 11.3 Å². The molecule has 1 aromatic carbocycles. The number of carbonyl (C=O) groups excluding carboxylic acids is 1. The molecule has 0 unspecified atom stereocenters. The van der Waals surface area contributed by atoms with Gasteiger partial charge in [0.15, 0.2) is 11.5 Å². The molecule has 2 heterocycles. The summed E-state index contributed by atoms with van der Waals surface area (Å²) in [6.45, 7) is 3.12. The zero-order valence-corrected chi connectivity index (χ0v) is 22.5. The van der Waals surface area contributed by atoms with Crippen molar-refractivity contribution in [1.82, 2.24) is 10.2 Å². The van der Waals surface area contributed by atoms with Crippen molar-refractivity contribution in [3.05, 3.63) is 35.9 Å². The molecule has 0 bridgehead atoms. The van der Waals surface area contributed by atoms with Gasteiger partial charge in [0.1, 0.15) is 0 Å². The molecule has 8 heteroatoms. The maximum Gasteiger partial charge on any atom is 0.231 e. The van der Waals surface area contributed by atoms with E-state index >= 15 is 0 Å². The molecule has 2 aromatic rings. The number of aromatic nitrogens is 2. The lowest BCUT2D eigenvalue weighted by Gasteiger charge is -2.03. The molecule has 1 aliphatic rings. The van der Waals surface area contributed by atoms with Crippen LogP contribution in [-0.4, -0.2) is 22.9 Å². The van der Waals surface area contributed by atoms with E-state index in [1.807, 2.05) is 18.2 Å². The number of allylic oxidation sites excluding steroid dienone is 2. The quantitative estimate of drug-likeness (QED) is 0.147. The van der Waals surface area contributed by atoms with Gasteiger partial charge in [-0.15, -0.1) is 10.2 Å². The molecule has 1 aliphatic heterocycles. The van der Waals surface area contributed by atoms with Gasteiger partial charge in [0, 0.05) is 13.0 Å². The maximum atomic E-state index is 12.2. The van der Waals surface area contributed by atoms with Crippen LogP contribution in [0.2, 0.25) is 0 Å². The summed E-state index contributed by atoms with van der Waals surface area (Å²) < 4.78 is 10.7. The van der Waals surface area contributed by atoms with E-state index in [2.05, 4.69) is 39.9 Å². The molecule has 1 aromatic heterocycles. The highest BCUT2D eigenvalue weighted by Crippen LogP contribution is 2.32. The third kappa shape index (κ3) is 11.0. The first-order chi connectivity index (χ1) is 17.7. The van der Waals surface area contributed by atoms with E-state index in [0.29, 0.717) is 23.2 Å². The number of ether oxygens (including phenoxy) is 2. The van der Waals surface area contributed by atoms with Crippen molar-refractivity contribution in [3.63, 3.8) is 0 Å². The summed E-state index contributed by atoms with van der Waals surface area (Å²) in [7, 11) is 0. The van der Waals surface area contributed by atoms with Crippen LogP contribution in [0.25, 0.3) is 0 Å². The third-order valence-corrected chi connectivity index (χ3v) is 7.01. The lowest BCUT2D eigenvalue weighted by molar-refractivity contribution is -0.116. The lowest BCUT2D eigenvalue weighted by atomic mass is 10.1. The number of hydrogen-bond acceptors (Lipinski definition) is 7. The number of fused-ring (bicyclic) bond motifs is 1. The molecule has 0 atom stereocenters. The minimum absolute atomic E-state index is 0.00565. The predicted octanol–water partition coefficient (Wildman–Crippen LogP) is 7.85. The smallest absolute Gasteiger partial charge is 0.231 e. The topological polar surface area (TPSA) is 85.4 Å². The summed E-state index contributed by atoms with van der Waals surface area (Å²) in [6, 6.07) is 5.84. The largest absolute Gasteiger partial charge is 0.454 e. The fourth-order valence-corrected chi connectivity index (χ4v) is 4.77. The van der Waals surface area contributed by atoms with Gasteiger partial charge in [0.05, 0.1) is 0 Å². The van der Waals surface area contributed by atoms with Crippen molar-refractivity contribution in [1.29, 1.82) is 0 Å². The van der Waals surface area contributed by atoms with E-state index in [-0.39, 0.29) is 12.7 Å². The summed E-state index contributed by atoms with van der Waals surface area (Å²) >= 11 is 1.34. The molecule has 0 saturated carbocycles. The van der Waals surface area contributed by atoms with Crippen molar-refractivity contribution < 1.29 is 14.3 Å². The lowest BCUT2D eigenvalue weighted by Crippen LogP contribution is -2.10. The van der Waals surface area contributed by atoms with E-state index in [1.165, 1.54) is 82.0 Å². The normalized spacial score (nSPS) is 12.4. The van der Waals surface area contributed by atoms with Gasteiger partial charge in [-0.2, -0.15) is 0 Å². The second-order valence-corrected chi connectivity index (χ2v) is 10.3. The number of nitrogens with one attached hydrogen (secondary N) is 2. The van der Waals surface area contributed by atoms with Crippen molar-refractivity contribution in [2.24, 2.45) is 0 Å². The second-order valence-electron chi connectivity index (χ2n) is 9.34. The Labute approximate surface area is 220 Å². The highest BCUT2D eigenvalue weighted by Gasteiger charge is 2.13. The van der Waals surface area contributed by atoms with Crippen LogP contribution in [0.1, 0.15) is 102 Å². The van der Waals surface area contributed by atoms with Crippen molar-refractivity contribution in [3.8, 4) is 11.5 Å². The monoisotopic (exact) mass is 514 g/mol. The third-order valence-electron chi connectivity index (χ3n) is 6.22. The number of nitrogens with zero attached hydrogens (tertiary/aromatic N) is 2. The first kappa shape index (κ1) is 28.0. The van der Waals surface area contributed by atoms with E-state index in [0.717, 1.165) is 29.9 Å². The van der Waals surface area contributed by atoms with E-state index < -0.39 is 0 Å². The van der Waals surface area contributed by atoms with Crippen LogP contribution in [0.15, 0.2) is 30.4 Å². The van der Waals surface area contributed by atoms with Gasteiger partial charge in [0.2, 0.25) is 23.0 Å². The van der Waals surface area contributed by atoms with Gasteiger partial charge in [-0.1, -0.05) is 87.8 Å². The summed E-state index contributed by atoms with van der Waals surface area (Å²) in [5.74, 6) is 1.53. The number of rotatable bonds is 19. The molecule has 0 saturated heterocycles. The van der Waals surface area contributed by atoms with E-state index in [9.17, 15) is 4.79 Å². The van der Waals surface area contributed by atoms with Crippen molar-refractivity contribution in [2.75, 3.05) is 17.4 Å². The Morgan fingerprint density at radius 2 is 1.56 bits per heavy atom. The average Bonchev–Trinajstić information content (AvgIpc) is 3.54.